The fourth-order valence-corrected chi connectivity index (χ4v) is 1.70. The van der Waals surface area contributed by atoms with Crippen molar-refractivity contribution in [2.75, 3.05) is 7.11 Å². The van der Waals surface area contributed by atoms with Crippen LogP contribution in [0.3, 0.4) is 0 Å². The third-order valence-electron chi connectivity index (χ3n) is 2.54. The molecule has 0 spiro atoms. The zero-order chi connectivity index (χ0) is 13.0. The molecule has 1 aromatic carbocycles. The lowest BCUT2D eigenvalue weighted by Crippen LogP contribution is -2.08. The zero-order valence-electron chi connectivity index (χ0n) is 10.7. The first-order chi connectivity index (χ1) is 7.95. The average Bonchev–Trinajstić information content (AvgIpc) is 2.26. The number of esters is 1. The minimum absolute atomic E-state index is 0.119. The van der Waals surface area contributed by atoms with Gasteiger partial charge in [-0.2, -0.15) is 0 Å². The molecule has 3 heteroatoms. The first kappa shape index (κ1) is 13.4. The number of hydrogen-bond donors (Lipinski definition) is 0. The van der Waals surface area contributed by atoms with Crippen molar-refractivity contribution in [1.82, 2.24) is 0 Å². The topological polar surface area (TPSA) is 43.4 Å². The summed E-state index contributed by atoms with van der Waals surface area (Å²) in [6, 6.07) is 5.03. The van der Waals surface area contributed by atoms with Gasteiger partial charge in [-0.15, -0.1) is 0 Å². The molecule has 0 bridgehead atoms. The molecule has 0 aliphatic rings. The monoisotopic (exact) mass is 234 g/mol. The second kappa shape index (κ2) is 5.62. The molecule has 0 saturated heterocycles. The largest absolute Gasteiger partial charge is 0.465 e. The highest BCUT2D eigenvalue weighted by Gasteiger charge is 2.13. The van der Waals surface area contributed by atoms with Gasteiger partial charge < -0.3 is 4.74 Å². The minimum atomic E-state index is -0.379. The zero-order valence-corrected chi connectivity index (χ0v) is 10.7. The Labute approximate surface area is 102 Å². The molecule has 3 nitrogen and oxygen atoms in total. The van der Waals surface area contributed by atoms with Crippen molar-refractivity contribution in [3.05, 3.63) is 34.9 Å². The lowest BCUT2D eigenvalue weighted by Gasteiger charge is -2.08. The molecule has 0 aliphatic heterocycles. The van der Waals surface area contributed by atoms with E-state index in [9.17, 15) is 9.59 Å². The third-order valence-corrected chi connectivity index (χ3v) is 2.54. The maximum Gasteiger partial charge on any atom is 0.337 e. The molecule has 1 rings (SSSR count). The Balaban J connectivity index is 2.97. The third kappa shape index (κ3) is 3.41. The SMILES string of the molecule is COC(=O)c1ccc(C(=O)CC(C)C)c(C)c1. The predicted molar refractivity (Wildman–Crippen MR) is 66.3 cm³/mol. The summed E-state index contributed by atoms with van der Waals surface area (Å²) >= 11 is 0. The van der Waals surface area contributed by atoms with Gasteiger partial charge in [-0.05, 0) is 30.5 Å². The van der Waals surface area contributed by atoms with E-state index in [0.717, 1.165) is 5.56 Å². The number of carbonyl (C=O) groups is 2. The molecule has 0 N–H and O–H groups in total. The van der Waals surface area contributed by atoms with Crippen LogP contribution in [0, 0.1) is 12.8 Å². The van der Waals surface area contributed by atoms with Crippen molar-refractivity contribution in [3.63, 3.8) is 0 Å². The summed E-state index contributed by atoms with van der Waals surface area (Å²) in [5.41, 5.74) is 1.98. The number of benzene rings is 1. The summed E-state index contributed by atoms with van der Waals surface area (Å²) in [6.07, 6.45) is 0.526. The van der Waals surface area contributed by atoms with Crippen molar-refractivity contribution in [2.24, 2.45) is 5.92 Å². The van der Waals surface area contributed by atoms with Gasteiger partial charge >= 0.3 is 5.97 Å². The molecule has 0 saturated carbocycles. The van der Waals surface area contributed by atoms with Gasteiger partial charge in [-0.25, -0.2) is 4.79 Å². The molecule has 0 radical (unpaired) electrons. The van der Waals surface area contributed by atoms with Gasteiger partial charge in [0.2, 0.25) is 0 Å². The maximum absolute atomic E-state index is 11.9. The first-order valence-electron chi connectivity index (χ1n) is 5.68. The summed E-state index contributed by atoms with van der Waals surface area (Å²) in [4.78, 5) is 23.2. The summed E-state index contributed by atoms with van der Waals surface area (Å²) in [7, 11) is 1.34. The highest BCUT2D eigenvalue weighted by molar-refractivity contribution is 5.99. The second-order valence-electron chi connectivity index (χ2n) is 4.54. The van der Waals surface area contributed by atoms with Crippen molar-refractivity contribution in [3.8, 4) is 0 Å². The van der Waals surface area contributed by atoms with Crippen LogP contribution in [0.25, 0.3) is 0 Å². The van der Waals surface area contributed by atoms with E-state index < -0.39 is 0 Å². The molecule has 17 heavy (non-hydrogen) atoms. The number of carbonyl (C=O) groups excluding carboxylic acids is 2. The molecule has 92 valence electrons. The Kier molecular flexibility index (Phi) is 4.44. The van der Waals surface area contributed by atoms with E-state index in [1.807, 2.05) is 20.8 Å². The standard InChI is InChI=1S/C14H18O3/c1-9(2)7-13(15)12-6-5-11(8-10(12)3)14(16)17-4/h5-6,8-9H,7H2,1-4H3. The molecular weight excluding hydrogens is 216 g/mol. The summed E-state index contributed by atoms with van der Waals surface area (Å²) < 4.78 is 4.63. The van der Waals surface area contributed by atoms with Crippen LogP contribution < -0.4 is 0 Å². The molecule has 0 aromatic heterocycles. The van der Waals surface area contributed by atoms with E-state index >= 15 is 0 Å². The van der Waals surface area contributed by atoms with Crippen molar-refractivity contribution < 1.29 is 14.3 Å². The Morgan fingerprint density at radius 1 is 1.29 bits per heavy atom. The summed E-state index contributed by atoms with van der Waals surface area (Å²) in [6.45, 7) is 5.85. The van der Waals surface area contributed by atoms with E-state index in [1.54, 1.807) is 18.2 Å². The number of ether oxygens (including phenoxy) is 1. The molecule has 0 unspecified atom stereocenters. The number of Topliss-reactive ketones (excluding diaryl/α,β-unsaturated/α-hetero) is 1. The van der Waals surface area contributed by atoms with Crippen LogP contribution in [0.1, 0.15) is 46.5 Å². The Hall–Kier alpha value is -1.64. The summed E-state index contributed by atoms with van der Waals surface area (Å²) in [5, 5.41) is 0. The fraction of sp³-hybridized carbons (Fsp3) is 0.429. The van der Waals surface area contributed by atoms with Crippen LogP contribution in [-0.4, -0.2) is 18.9 Å². The molecular formula is C14H18O3. The number of methoxy groups -OCH3 is 1. The molecule has 0 heterocycles. The van der Waals surface area contributed by atoms with Crippen LogP contribution >= 0.6 is 0 Å². The van der Waals surface area contributed by atoms with Gasteiger partial charge in [0.25, 0.3) is 0 Å². The number of rotatable bonds is 4. The van der Waals surface area contributed by atoms with Gasteiger partial charge in [-0.1, -0.05) is 19.9 Å². The van der Waals surface area contributed by atoms with Gasteiger partial charge in [0.05, 0.1) is 12.7 Å². The predicted octanol–water partition coefficient (Wildman–Crippen LogP) is 3.01. The lowest BCUT2D eigenvalue weighted by atomic mass is 9.96. The Morgan fingerprint density at radius 3 is 2.41 bits per heavy atom. The van der Waals surface area contributed by atoms with E-state index in [2.05, 4.69) is 4.74 Å². The molecule has 0 aliphatic carbocycles. The molecule has 1 aromatic rings. The number of ketones is 1. The highest BCUT2D eigenvalue weighted by atomic mass is 16.5. The molecule has 0 fully saturated rings. The highest BCUT2D eigenvalue weighted by Crippen LogP contribution is 2.16. The quantitative estimate of drug-likeness (QED) is 0.594. The normalized spacial score (nSPS) is 10.4. The van der Waals surface area contributed by atoms with E-state index in [1.165, 1.54) is 7.11 Å². The van der Waals surface area contributed by atoms with Gasteiger partial charge in [0, 0.05) is 12.0 Å². The smallest absolute Gasteiger partial charge is 0.337 e. The van der Waals surface area contributed by atoms with E-state index in [4.69, 9.17) is 0 Å². The maximum atomic E-state index is 11.9. The van der Waals surface area contributed by atoms with Crippen molar-refractivity contribution in [1.29, 1.82) is 0 Å². The minimum Gasteiger partial charge on any atom is -0.465 e. The first-order valence-corrected chi connectivity index (χ1v) is 5.68. The summed E-state index contributed by atoms with van der Waals surface area (Å²) in [5.74, 6) is 0.0760. The number of aryl methyl sites for hydroxylation is 1. The van der Waals surface area contributed by atoms with Gasteiger partial charge in [0.1, 0.15) is 0 Å². The van der Waals surface area contributed by atoms with E-state index in [0.29, 0.717) is 23.5 Å². The van der Waals surface area contributed by atoms with Gasteiger partial charge in [-0.3, -0.25) is 4.79 Å². The molecule has 0 amide bonds. The fourth-order valence-electron chi connectivity index (χ4n) is 1.70. The van der Waals surface area contributed by atoms with Crippen molar-refractivity contribution in [2.45, 2.75) is 27.2 Å². The number of hydrogen-bond acceptors (Lipinski definition) is 3. The average molecular weight is 234 g/mol. The van der Waals surface area contributed by atoms with Crippen LogP contribution in [0.5, 0.6) is 0 Å². The van der Waals surface area contributed by atoms with E-state index in [-0.39, 0.29) is 11.8 Å². The Morgan fingerprint density at radius 2 is 1.94 bits per heavy atom. The van der Waals surface area contributed by atoms with Crippen LogP contribution in [0.4, 0.5) is 0 Å². The van der Waals surface area contributed by atoms with Crippen LogP contribution in [0.15, 0.2) is 18.2 Å². The van der Waals surface area contributed by atoms with Crippen LogP contribution in [0.2, 0.25) is 0 Å². The van der Waals surface area contributed by atoms with Gasteiger partial charge in [0.15, 0.2) is 5.78 Å². The van der Waals surface area contributed by atoms with Crippen LogP contribution in [-0.2, 0) is 4.74 Å². The Bertz CT molecular complexity index is 433. The molecule has 0 atom stereocenters. The second-order valence-corrected chi connectivity index (χ2v) is 4.54. The van der Waals surface area contributed by atoms with Crippen molar-refractivity contribution >= 4 is 11.8 Å². The lowest BCUT2D eigenvalue weighted by molar-refractivity contribution is 0.0600.